The Kier molecular flexibility index (Phi) is 5.54. The van der Waals surface area contributed by atoms with Crippen molar-refractivity contribution in [3.63, 3.8) is 0 Å². The third-order valence-electron chi connectivity index (χ3n) is 1.47. The third kappa shape index (κ3) is 3.82. The van der Waals surface area contributed by atoms with Gasteiger partial charge in [0.1, 0.15) is 0 Å². The summed E-state index contributed by atoms with van der Waals surface area (Å²) < 4.78 is 0. The summed E-state index contributed by atoms with van der Waals surface area (Å²) >= 11 is 0. The molecule has 0 atom stereocenters. The van der Waals surface area contributed by atoms with Crippen molar-refractivity contribution < 1.29 is 0 Å². The fraction of sp³-hybridized carbons (Fsp3) is 0.455. The highest BCUT2D eigenvalue weighted by atomic mass is 14.2. The van der Waals surface area contributed by atoms with Crippen LogP contribution in [0.1, 0.15) is 33.1 Å². The average Bonchev–Trinajstić information content (AvgIpc) is 1.99. The lowest BCUT2D eigenvalue weighted by Gasteiger charge is -2.18. The molecule has 1 rings (SSSR count). The minimum atomic E-state index is 1.18. The van der Waals surface area contributed by atoms with Gasteiger partial charge in [-0.25, -0.2) is 0 Å². The van der Waals surface area contributed by atoms with E-state index in [4.69, 9.17) is 0 Å². The summed E-state index contributed by atoms with van der Waals surface area (Å²) in [5, 5.41) is 0. The fourth-order valence-corrected chi connectivity index (χ4v) is 0.790. The second-order valence-electron chi connectivity index (χ2n) is 2.74. The first kappa shape index (κ1) is 10.2. The predicted octanol–water partition coefficient (Wildman–Crippen LogP) is 3.87. The van der Waals surface area contributed by atoms with Crippen molar-refractivity contribution in [3.05, 3.63) is 36.5 Å². The molecule has 62 valence electrons. The molecular formula is C11H18. The van der Waals surface area contributed by atoms with Gasteiger partial charge in [-0.2, -0.15) is 0 Å². The van der Waals surface area contributed by atoms with Crippen molar-refractivity contribution in [2.45, 2.75) is 33.1 Å². The van der Waals surface area contributed by atoms with Crippen LogP contribution in [0.15, 0.2) is 36.5 Å². The first-order valence-electron chi connectivity index (χ1n) is 4.26. The lowest BCUT2D eigenvalue weighted by Crippen LogP contribution is -1.99. The number of hydrogen-bond donors (Lipinski definition) is 0. The van der Waals surface area contributed by atoms with Gasteiger partial charge in [-0.15, -0.1) is 0 Å². The largest absolute Gasteiger partial charge is 0.0991 e. The zero-order chi connectivity index (χ0) is 8.69. The van der Waals surface area contributed by atoms with E-state index in [0.29, 0.717) is 0 Å². The molecule has 0 aromatic rings. The Morgan fingerprint density at radius 1 is 1.36 bits per heavy atom. The van der Waals surface area contributed by atoms with Gasteiger partial charge in [-0.05, 0) is 18.4 Å². The molecule has 0 unspecified atom stereocenters. The molecule has 0 aromatic heterocycles. The van der Waals surface area contributed by atoms with Gasteiger partial charge in [0.05, 0.1) is 0 Å². The van der Waals surface area contributed by atoms with Crippen LogP contribution in [-0.4, -0.2) is 0 Å². The van der Waals surface area contributed by atoms with Crippen LogP contribution in [0.2, 0.25) is 0 Å². The number of hydrogen-bond acceptors (Lipinski definition) is 0. The Morgan fingerprint density at radius 2 is 1.91 bits per heavy atom. The molecule has 0 spiro atoms. The van der Waals surface area contributed by atoms with Gasteiger partial charge in [0, 0.05) is 0 Å². The van der Waals surface area contributed by atoms with E-state index in [1.807, 2.05) is 12.2 Å². The van der Waals surface area contributed by atoms with Gasteiger partial charge >= 0.3 is 0 Å². The molecule has 0 heterocycles. The highest BCUT2D eigenvalue weighted by Crippen LogP contribution is 2.30. The van der Waals surface area contributed by atoms with Crippen molar-refractivity contribution in [1.29, 1.82) is 0 Å². The molecule has 1 fully saturated rings. The van der Waals surface area contributed by atoms with E-state index in [1.165, 1.54) is 30.4 Å². The maximum absolute atomic E-state index is 3.84. The van der Waals surface area contributed by atoms with Gasteiger partial charge in [-0.1, -0.05) is 51.2 Å². The Morgan fingerprint density at radius 3 is 2.00 bits per heavy atom. The summed E-state index contributed by atoms with van der Waals surface area (Å²) in [6.07, 6.45) is 7.48. The molecular weight excluding hydrogens is 132 g/mol. The minimum absolute atomic E-state index is 1.18. The van der Waals surface area contributed by atoms with Crippen molar-refractivity contribution in [1.82, 2.24) is 0 Å². The maximum Gasteiger partial charge on any atom is -0.0236 e. The van der Waals surface area contributed by atoms with Crippen LogP contribution in [-0.2, 0) is 0 Å². The Labute approximate surface area is 70.3 Å². The minimum Gasteiger partial charge on any atom is -0.0991 e. The van der Waals surface area contributed by atoms with Gasteiger partial charge in [0.2, 0.25) is 0 Å². The molecule has 1 saturated carbocycles. The smallest absolute Gasteiger partial charge is 0.0236 e. The molecule has 11 heavy (non-hydrogen) atoms. The van der Waals surface area contributed by atoms with E-state index < -0.39 is 0 Å². The second kappa shape index (κ2) is 5.96. The van der Waals surface area contributed by atoms with Crippen LogP contribution in [0.4, 0.5) is 0 Å². The fourth-order valence-electron chi connectivity index (χ4n) is 0.790. The van der Waals surface area contributed by atoms with Crippen molar-refractivity contribution in [3.8, 4) is 0 Å². The van der Waals surface area contributed by atoms with Crippen LogP contribution in [0.25, 0.3) is 0 Å². The zero-order valence-electron chi connectivity index (χ0n) is 7.69. The molecule has 0 heteroatoms. The standard InChI is InChI=1S/C8H10.C3H8/c1-3-4-8-6-5-7(8)2;1-3-2/h3-4H,1-2,5-6H2;3H2,1-2H3/b8-4-;. The normalized spacial score (nSPS) is 18.4. The summed E-state index contributed by atoms with van der Waals surface area (Å²) in [5.41, 5.74) is 2.66. The molecule has 0 nitrogen and oxygen atoms in total. The molecule has 0 saturated heterocycles. The van der Waals surface area contributed by atoms with Crippen LogP contribution in [0.3, 0.4) is 0 Å². The molecule has 0 aliphatic heterocycles. The first-order valence-corrected chi connectivity index (χ1v) is 4.26. The van der Waals surface area contributed by atoms with Crippen LogP contribution >= 0.6 is 0 Å². The Hall–Kier alpha value is -0.780. The van der Waals surface area contributed by atoms with Crippen LogP contribution in [0.5, 0.6) is 0 Å². The van der Waals surface area contributed by atoms with Crippen molar-refractivity contribution in [2.75, 3.05) is 0 Å². The summed E-state index contributed by atoms with van der Waals surface area (Å²) in [7, 11) is 0. The monoisotopic (exact) mass is 150 g/mol. The van der Waals surface area contributed by atoms with Crippen LogP contribution in [0, 0.1) is 0 Å². The number of allylic oxidation sites excluding steroid dienone is 4. The van der Waals surface area contributed by atoms with Crippen molar-refractivity contribution in [2.24, 2.45) is 0 Å². The van der Waals surface area contributed by atoms with Crippen molar-refractivity contribution >= 4 is 0 Å². The summed E-state index contributed by atoms with van der Waals surface area (Å²) in [4.78, 5) is 0. The second-order valence-corrected chi connectivity index (χ2v) is 2.74. The summed E-state index contributed by atoms with van der Waals surface area (Å²) in [6.45, 7) is 11.7. The lowest BCUT2D eigenvalue weighted by atomic mass is 9.87. The molecule has 0 N–H and O–H groups in total. The molecule has 0 aromatic carbocycles. The average molecular weight is 150 g/mol. The maximum atomic E-state index is 3.84. The molecule has 1 aliphatic rings. The first-order chi connectivity index (χ1) is 5.26. The van der Waals surface area contributed by atoms with E-state index >= 15 is 0 Å². The molecule has 0 bridgehead atoms. The zero-order valence-corrected chi connectivity index (χ0v) is 7.69. The SMILES string of the molecule is C=C/C=C1/CCC1=C.CCC. The van der Waals surface area contributed by atoms with Gasteiger partial charge in [0.15, 0.2) is 0 Å². The molecule has 0 amide bonds. The third-order valence-corrected chi connectivity index (χ3v) is 1.47. The highest BCUT2D eigenvalue weighted by molar-refractivity contribution is 5.39. The summed E-state index contributed by atoms with van der Waals surface area (Å²) in [6, 6.07) is 0. The van der Waals surface area contributed by atoms with Gasteiger partial charge in [-0.3, -0.25) is 0 Å². The van der Waals surface area contributed by atoms with E-state index in [2.05, 4.69) is 27.0 Å². The molecule has 1 aliphatic carbocycles. The van der Waals surface area contributed by atoms with Crippen LogP contribution < -0.4 is 0 Å². The number of rotatable bonds is 1. The topological polar surface area (TPSA) is 0 Å². The Bertz CT molecular complexity index is 161. The van der Waals surface area contributed by atoms with E-state index in [-0.39, 0.29) is 0 Å². The lowest BCUT2D eigenvalue weighted by molar-refractivity contribution is 0.829. The quantitative estimate of drug-likeness (QED) is 0.532. The van der Waals surface area contributed by atoms with E-state index in [9.17, 15) is 0 Å². The molecule has 0 radical (unpaired) electrons. The summed E-state index contributed by atoms with van der Waals surface area (Å²) in [5.74, 6) is 0. The predicted molar refractivity (Wildman–Crippen MR) is 52.6 cm³/mol. The van der Waals surface area contributed by atoms with Gasteiger partial charge < -0.3 is 0 Å². The van der Waals surface area contributed by atoms with Gasteiger partial charge in [0.25, 0.3) is 0 Å². The van der Waals surface area contributed by atoms with E-state index in [0.717, 1.165) is 0 Å². The highest BCUT2D eigenvalue weighted by Gasteiger charge is 2.11. The van der Waals surface area contributed by atoms with E-state index in [1.54, 1.807) is 0 Å². The Balaban J connectivity index is 0.000000292.